The Labute approximate surface area is 122 Å². The number of hydrogen-bond donors (Lipinski definition) is 2. The summed E-state index contributed by atoms with van der Waals surface area (Å²) in [5, 5.41) is 9.59. The zero-order chi connectivity index (χ0) is 14.9. The zero-order valence-electron chi connectivity index (χ0n) is 11.2. The second-order valence-corrected chi connectivity index (χ2v) is 5.69. The van der Waals surface area contributed by atoms with Gasteiger partial charge in [-0.3, -0.25) is 14.5 Å². The molecule has 1 heterocycles. The van der Waals surface area contributed by atoms with Crippen LogP contribution in [0.2, 0.25) is 5.02 Å². The normalized spacial score (nSPS) is 22.9. The van der Waals surface area contributed by atoms with E-state index in [0.29, 0.717) is 23.7 Å². The molecule has 0 unspecified atom stereocenters. The van der Waals surface area contributed by atoms with Crippen LogP contribution in [0.4, 0.5) is 0 Å². The number of carboxylic acids is 1. The van der Waals surface area contributed by atoms with Crippen molar-refractivity contribution in [2.24, 2.45) is 17.6 Å². The molecule has 0 radical (unpaired) electrons. The first-order valence-corrected chi connectivity index (χ1v) is 6.79. The van der Waals surface area contributed by atoms with Gasteiger partial charge in [0.15, 0.2) is 0 Å². The van der Waals surface area contributed by atoms with Gasteiger partial charge in [-0.05, 0) is 23.6 Å². The first-order chi connectivity index (χ1) is 9.38. The summed E-state index contributed by atoms with van der Waals surface area (Å²) in [4.78, 5) is 24.2. The molecule has 2 rings (SSSR count). The average Bonchev–Trinajstić information content (AvgIpc) is 2.73. The van der Waals surface area contributed by atoms with Gasteiger partial charge in [-0.2, -0.15) is 0 Å². The molecule has 5 nitrogen and oxygen atoms in total. The quantitative estimate of drug-likeness (QED) is 0.884. The van der Waals surface area contributed by atoms with Crippen LogP contribution in [0.1, 0.15) is 22.8 Å². The first kappa shape index (κ1) is 14.8. The molecule has 20 heavy (non-hydrogen) atoms. The van der Waals surface area contributed by atoms with Crippen molar-refractivity contribution in [1.82, 2.24) is 4.90 Å². The molecule has 0 aromatic heterocycles. The largest absolute Gasteiger partial charge is 0.481 e. The third-order valence-electron chi connectivity index (χ3n) is 3.74. The van der Waals surface area contributed by atoms with E-state index in [1.54, 1.807) is 18.2 Å². The Hall–Kier alpha value is -1.59. The lowest BCUT2D eigenvalue weighted by atomic mass is 9.99. The van der Waals surface area contributed by atoms with E-state index in [-0.39, 0.29) is 11.8 Å². The fourth-order valence-corrected chi connectivity index (χ4v) is 2.83. The van der Waals surface area contributed by atoms with Gasteiger partial charge in [0.05, 0.1) is 5.92 Å². The Morgan fingerprint density at radius 3 is 2.65 bits per heavy atom. The number of halogens is 1. The van der Waals surface area contributed by atoms with E-state index in [2.05, 4.69) is 4.90 Å². The Kier molecular flexibility index (Phi) is 4.30. The predicted molar refractivity (Wildman–Crippen MR) is 75.5 cm³/mol. The molecule has 0 saturated carbocycles. The minimum Gasteiger partial charge on any atom is -0.481 e. The molecular weight excluding hydrogens is 280 g/mol. The number of nitrogens with two attached hydrogens (primary N) is 1. The highest BCUT2D eigenvalue weighted by Crippen LogP contribution is 2.27. The summed E-state index contributed by atoms with van der Waals surface area (Å²) >= 11 is 6.14. The number of aliphatic carboxylic acids is 1. The number of carboxylic acid groups (broad SMARTS) is 1. The van der Waals surface area contributed by atoms with Crippen LogP contribution in [-0.4, -0.2) is 35.0 Å². The molecule has 1 aromatic rings. The van der Waals surface area contributed by atoms with Crippen LogP contribution in [0.5, 0.6) is 0 Å². The van der Waals surface area contributed by atoms with Gasteiger partial charge >= 0.3 is 5.97 Å². The molecule has 1 aliphatic heterocycles. The maximum atomic E-state index is 11.1. The fourth-order valence-electron chi connectivity index (χ4n) is 2.59. The number of nitrogens with zero attached hydrogens (tertiary/aromatic N) is 1. The molecule has 6 heteroatoms. The highest BCUT2D eigenvalue weighted by Gasteiger charge is 2.34. The van der Waals surface area contributed by atoms with E-state index in [1.807, 2.05) is 6.92 Å². The van der Waals surface area contributed by atoms with E-state index < -0.39 is 11.9 Å². The van der Waals surface area contributed by atoms with Crippen LogP contribution in [-0.2, 0) is 11.3 Å². The predicted octanol–water partition coefficient (Wildman–Crippen LogP) is 1.59. The fraction of sp³-hybridized carbons (Fsp3) is 0.429. The van der Waals surface area contributed by atoms with Crippen molar-refractivity contribution >= 4 is 23.5 Å². The van der Waals surface area contributed by atoms with E-state index >= 15 is 0 Å². The summed E-state index contributed by atoms with van der Waals surface area (Å²) in [7, 11) is 0. The van der Waals surface area contributed by atoms with Crippen molar-refractivity contribution in [2.75, 3.05) is 13.1 Å². The van der Waals surface area contributed by atoms with Gasteiger partial charge in [0.25, 0.3) is 0 Å². The molecule has 108 valence electrons. The molecule has 0 bridgehead atoms. The Morgan fingerprint density at radius 2 is 2.15 bits per heavy atom. The number of likely N-dealkylation sites (tertiary alicyclic amines) is 1. The van der Waals surface area contributed by atoms with Gasteiger partial charge in [0.1, 0.15) is 0 Å². The van der Waals surface area contributed by atoms with Gasteiger partial charge in [-0.15, -0.1) is 0 Å². The molecule has 3 N–H and O–H groups in total. The van der Waals surface area contributed by atoms with Gasteiger partial charge in [0, 0.05) is 30.2 Å². The number of amides is 1. The lowest BCUT2D eigenvalue weighted by molar-refractivity contribution is -0.142. The highest BCUT2D eigenvalue weighted by molar-refractivity contribution is 6.31. The van der Waals surface area contributed by atoms with Gasteiger partial charge in [0.2, 0.25) is 5.91 Å². The minimum absolute atomic E-state index is 0.121. The summed E-state index contributed by atoms with van der Waals surface area (Å²) in [5.74, 6) is -1.48. The molecule has 2 atom stereocenters. The van der Waals surface area contributed by atoms with Crippen molar-refractivity contribution in [1.29, 1.82) is 0 Å². The second kappa shape index (κ2) is 5.81. The summed E-state index contributed by atoms with van der Waals surface area (Å²) in [6.07, 6.45) is 0. The standard InChI is InChI=1S/C14H17ClN2O3/c1-8-5-17(7-11(8)14(19)20)6-10-3-2-9(13(16)18)4-12(10)15/h2-4,8,11H,5-7H2,1H3,(H2,16,18)(H,19,20)/t8-,11-/m1/s1. The van der Waals surface area contributed by atoms with Crippen LogP contribution in [0.15, 0.2) is 18.2 Å². The monoisotopic (exact) mass is 296 g/mol. The molecule has 1 fully saturated rings. The number of rotatable bonds is 4. The Bertz CT molecular complexity index is 547. The maximum Gasteiger partial charge on any atom is 0.308 e. The first-order valence-electron chi connectivity index (χ1n) is 6.42. The van der Waals surface area contributed by atoms with Crippen LogP contribution < -0.4 is 5.73 Å². The van der Waals surface area contributed by atoms with Crippen molar-refractivity contribution in [3.63, 3.8) is 0 Å². The average molecular weight is 297 g/mol. The van der Waals surface area contributed by atoms with Crippen LogP contribution in [0.25, 0.3) is 0 Å². The van der Waals surface area contributed by atoms with Gasteiger partial charge < -0.3 is 10.8 Å². The smallest absolute Gasteiger partial charge is 0.308 e. The summed E-state index contributed by atoms with van der Waals surface area (Å²) in [6.45, 7) is 3.76. The number of hydrogen-bond acceptors (Lipinski definition) is 3. The third-order valence-corrected chi connectivity index (χ3v) is 4.09. The highest BCUT2D eigenvalue weighted by atomic mass is 35.5. The summed E-state index contributed by atoms with van der Waals surface area (Å²) < 4.78 is 0. The number of primary amides is 1. The molecule has 1 saturated heterocycles. The van der Waals surface area contributed by atoms with Crippen molar-refractivity contribution in [2.45, 2.75) is 13.5 Å². The molecule has 0 spiro atoms. The van der Waals surface area contributed by atoms with Gasteiger partial charge in [-0.1, -0.05) is 24.6 Å². The summed E-state index contributed by atoms with van der Waals surface area (Å²) in [6, 6.07) is 4.95. The van der Waals surface area contributed by atoms with Crippen molar-refractivity contribution in [3.8, 4) is 0 Å². The SMILES string of the molecule is C[C@@H]1CN(Cc2ccc(C(N)=O)cc2Cl)C[C@H]1C(=O)O. The molecular formula is C14H17ClN2O3. The lowest BCUT2D eigenvalue weighted by Gasteiger charge is -2.16. The van der Waals surface area contributed by atoms with Crippen LogP contribution in [0, 0.1) is 11.8 Å². The number of carbonyl (C=O) groups is 2. The number of benzene rings is 1. The lowest BCUT2D eigenvalue weighted by Crippen LogP contribution is -2.23. The molecule has 1 aromatic carbocycles. The van der Waals surface area contributed by atoms with E-state index in [1.165, 1.54) is 0 Å². The van der Waals surface area contributed by atoms with E-state index in [0.717, 1.165) is 12.1 Å². The minimum atomic E-state index is -0.754. The Morgan fingerprint density at radius 1 is 1.45 bits per heavy atom. The maximum absolute atomic E-state index is 11.1. The van der Waals surface area contributed by atoms with E-state index in [9.17, 15) is 9.59 Å². The molecule has 1 amide bonds. The molecule has 0 aliphatic carbocycles. The zero-order valence-corrected chi connectivity index (χ0v) is 11.9. The summed E-state index contributed by atoms with van der Waals surface area (Å²) in [5.41, 5.74) is 6.44. The topological polar surface area (TPSA) is 83.6 Å². The van der Waals surface area contributed by atoms with Crippen molar-refractivity contribution < 1.29 is 14.7 Å². The van der Waals surface area contributed by atoms with Crippen LogP contribution in [0.3, 0.4) is 0 Å². The third kappa shape index (κ3) is 3.11. The van der Waals surface area contributed by atoms with Gasteiger partial charge in [-0.25, -0.2) is 0 Å². The van der Waals surface area contributed by atoms with Crippen LogP contribution >= 0.6 is 11.6 Å². The molecule has 1 aliphatic rings. The van der Waals surface area contributed by atoms with E-state index in [4.69, 9.17) is 22.4 Å². The van der Waals surface area contributed by atoms with Crippen molar-refractivity contribution in [3.05, 3.63) is 34.3 Å². The number of carbonyl (C=O) groups excluding carboxylic acids is 1. The second-order valence-electron chi connectivity index (χ2n) is 5.29. The Balaban J connectivity index is 2.08.